The van der Waals surface area contributed by atoms with Gasteiger partial charge in [0.25, 0.3) is 0 Å². The van der Waals surface area contributed by atoms with Crippen molar-refractivity contribution in [1.82, 2.24) is 15.1 Å². The van der Waals surface area contributed by atoms with Crippen molar-refractivity contribution >= 4 is 11.6 Å². The highest BCUT2D eigenvalue weighted by Crippen LogP contribution is 2.06. The summed E-state index contributed by atoms with van der Waals surface area (Å²) in [5.74, 6) is 1.20. The molecule has 1 aromatic rings. The Balaban J connectivity index is 2.52. The van der Waals surface area contributed by atoms with Gasteiger partial charge in [-0.25, -0.2) is 0 Å². The molecule has 86 valence electrons. The average Bonchev–Trinajstić information content (AvgIpc) is 2.45. The van der Waals surface area contributed by atoms with Gasteiger partial charge in [0.05, 0.1) is 11.4 Å². The summed E-state index contributed by atoms with van der Waals surface area (Å²) in [5.41, 5.74) is 2.25. The lowest BCUT2D eigenvalue weighted by Crippen LogP contribution is -2.35. The summed E-state index contributed by atoms with van der Waals surface area (Å²) in [5, 5.41) is 7.75. The van der Waals surface area contributed by atoms with Crippen LogP contribution in [0.15, 0.2) is 6.07 Å². The van der Waals surface area contributed by atoms with Crippen molar-refractivity contribution in [2.24, 2.45) is 13.0 Å². The average molecular weight is 230 g/mol. The second-order valence-electron chi connectivity index (χ2n) is 4.29. The van der Waals surface area contributed by atoms with Crippen LogP contribution in [0.5, 0.6) is 0 Å². The summed E-state index contributed by atoms with van der Waals surface area (Å²) in [6.07, 6.45) is 0. The fourth-order valence-corrected chi connectivity index (χ4v) is 2.00. The predicted octanol–water partition coefficient (Wildman–Crippen LogP) is 2.08. The number of rotatable bonds is 5. The molecule has 0 amide bonds. The topological polar surface area (TPSA) is 29.9 Å². The minimum absolute atomic E-state index is 0.363. The van der Waals surface area contributed by atoms with Gasteiger partial charge in [-0.1, -0.05) is 13.8 Å². The van der Waals surface area contributed by atoms with Gasteiger partial charge in [0.15, 0.2) is 0 Å². The van der Waals surface area contributed by atoms with Crippen LogP contribution in [0.4, 0.5) is 0 Å². The number of alkyl halides is 1. The maximum Gasteiger partial charge on any atom is 0.0597 e. The number of hydrogen-bond donors (Lipinski definition) is 1. The molecule has 0 aliphatic carbocycles. The molecule has 0 saturated carbocycles. The molecule has 1 aromatic heterocycles. The molecule has 15 heavy (non-hydrogen) atoms. The number of aryl methyl sites for hydroxylation is 2. The molecule has 1 heterocycles. The fraction of sp³-hybridized carbons (Fsp3) is 0.727. The molecule has 0 saturated heterocycles. The maximum absolute atomic E-state index is 5.89. The molecular formula is C11H20ClN3. The SMILES string of the molecule is Cc1cc(CNC(CCl)C(C)C)n(C)n1. The van der Waals surface area contributed by atoms with Crippen LogP contribution in [0, 0.1) is 12.8 Å². The third-order valence-corrected chi connectivity index (χ3v) is 2.95. The predicted molar refractivity (Wildman–Crippen MR) is 64.1 cm³/mol. The van der Waals surface area contributed by atoms with E-state index in [1.165, 1.54) is 5.69 Å². The quantitative estimate of drug-likeness (QED) is 0.784. The molecule has 0 aromatic carbocycles. The van der Waals surface area contributed by atoms with E-state index in [9.17, 15) is 0 Å². The standard InChI is InChI=1S/C11H20ClN3/c1-8(2)11(6-12)13-7-10-5-9(3)14-15(10)4/h5,8,11,13H,6-7H2,1-4H3. The largest absolute Gasteiger partial charge is 0.307 e. The molecule has 0 fully saturated rings. The van der Waals surface area contributed by atoms with Crippen LogP contribution >= 0.6 is 11.6 Å². The summed E-state index contributed by atoms with van der Waals surface area (Å²) in [6.45, 7) is 7.18. The Bertz CT molecular complexity index is 307. The zero-order chi connectivity index (χ0) is 11.4. The monoisotopic (exact) mass is 229 g/mol. The smallest absolute Gasteiger partial charge is 0.0597 e. The Morgan fingerprint density at radius 2 is 2.20 bits per heavy atom. The van der Waals surface area contributed by atoms with Gasteiger partial charge in [0.2, 0.25) is 0 Å². The first-order chi connectivity index (χ1) is 7.04. The normalized spacial score (nSPS) is 13.5. The van der Waals surface area contributed by atoms with E-state index in [2.05, 4.69) is 30.3 Å². The van der Waals surface area contributed by atoms with Crippen molar-refractivity contribution in [3.63, 3.8) is 0 Å². The van der Waals surface area contributed by atoms with E-state index in [0.717, 1.165) is 12.2 Å². The van der Waals surface area contributed by atoms with Gasteiger partial charge in [-0.15, -0.1) is 11.6 Å². The molecule has 0 aliphatic heterocycles. The van der Waals surface area contributed by atoms with E-state index in [1.807, 2.05) is 18.7 Å². The number of hydrogen-bond acceptors (Lipinski definition) is 2. The lowest BCUT2D eigenvalue weighted by atomic mass is 10.1. The Morgan fingerprint density at radius 3 is 2.60 bits per heavy atom. The van der Waals surface area contributed by atoms with Gasteiger partial charge in [-0.05, 0) is 18.9 Å². The molecule has 1 unspecified atom stereocenters. The van der Waals surface area contributed by atoms with E-state index in [-0.39, 0.29) is 0 Å². The van der Waals surface area contributed by atoms with E-state index in [1.54, 1.807) is 0 Å². The van der Waals surface area contributed by atoms with Crippen molar-refractivity contribution in [3.8, 4) is 0 Å². The molecule has 0 spiro atoms. The van der Waals surface area contributed by atoms with Crippen molar-refractivity contribution in [2.45, 2.75) is 33.4 Å². The van der Waals surface area contributed by atoms with Gasteiger partial charge < -0.3 is 5.32 Å². The van der Waals surface area contributed by atoms with Crippen LogP contribution < -0.4 is 5.32 Å². The van der Waals surface area contributed by atoms with Crippen LogP contribution in [-0.2, 0) is 13.6 Å². The molecule has 0 aliphatic rings. The molecule has 1 N–H and O–H groups in total. The molecule has 0 bridgehead atoms. The Labute approximate surface area is 96.8 Å². The molecular weight excluding hydrogens is 210 g/mol. The van der Waals surface area contributed by atoms with Crippen molar-refractivity contribution in [2.75, 3.05) is 5.88 Å². The lowest BCUT2D eigenvalue weighted by Gasteiger charge is -2.19. The van der Waals surface area contributed by atoms with Crippen LogP contribution in [-0.4, -0.2) is 21.7 Å². The first-order valence-corrected chi connectivity index (χ1v) is 5.87. The van der Waals surface area contributed by atoms with E-state index >= 15 is 0 Å². The van der Waals surface area contributed by atoms with Gasteiger partial charge in [0.1, 0.15) is 0 Å². The molecule has 1 atom stereocenters. The zero-order valence-corrected chi connectivity index (χ0v) is 10.7. The Kier molecular flexibility index (Phi) is 4.61. The van der Waals surface area contributed by atoms with Gasteiger partial charge in [-0.2, -0.15) is 5.10 Å². The number of aromatic nitrogens is 2. The van der Waals surface area contributed by atoms with Gasteiger partial charge >= 0.3 is 0 Å². The zero-order valence-electron chi connectivity index (χ0n) is 9.92. The van der Waals surface area contributed by atoms with E-state index in [4.69, 9.17) is 11.6 Å². The summed E-state index contributed by atoms with van der Waals surface area (Å²) in [6, 6.07) is 2.46. The molecule has 1 rings (SSSR count). The fourth-order valence-electron chi connectivity index (χ4n) is 1.53. The Morgan fingerprint density at radius 1 is 1.53 bits per heavy atom. The highest BCUT2D eigenvalue weighted by molar-refractivity contribution is 6.18. The van der Waals surface area contributed by atoms with E-state index in [0.29, 0.717) is 17.8 Å². The highest BCUT2D eigenvalue weighted by atomic mass is 35.5. The maximum atomic E-state index is 5.89. The third kappa shape index (κ3) is 3.50. The van der Waals surface area contributed by atoms with Crippen molar-refractivity contribution in [3.05, 3.63) is 17.5 Å². The van der Waals surface area contributed by atoms with Crippen molar-refractivity contribution < 1.29 is 0 Å². The highest BCUT2D eigenvalue weighted by Gasteiger charge is 2.12. The summed E-state index contributed by atoms with van der Waals surface area (Å²) in [7, 11) is 1.97. The van der Waals surface area contributed by atoms with Gasteiger partial charge in [0, 0.05) is 25.5 Å². The lowest BCUT2D eigenvalue weighted by molar-refractivity contribution is 0.423. The van der Waals surface area contributed by atoms with E-state index < -0.39 is 0 Å². The first-order valence-electron chi connectivity index (χ1n) is 5.33. The second-order valence-corrected chi connectivity index (χ2v) is 4.59. The minimum atomic E-state index is 0.363. The summed E-state index contributed by atoms with van der Waals surface area (Å²) < 4.78 is 1.91. The third-order valence-electron chi connectivity index (χ3n) is 2.62. The second kappa shape index (κ2) is 5.52. The van der Waals surface area contributed by atoms with Crippen molar-refractivity contribution in [1.29, 1.82) is 0 Å². The van der Waals surface area contributed by atoms with Crippen LogP contribution in [0.25, 0.3) is 0 Å². The number of halogens is 1. The minimum Gasteiger partial charge on any atom is -0.307 e. The van der Waals surface area contributed by atoms with Crippen LogP contribution in [0.1, 0.15) is 25.2 Å². The van der Waals surface area contributed by atoms with Crippen LogP contribution in [0.3, 0.4) is 0 Å². The summed E-state index contributed by atoms with van der Waals surface area (Å²) in [4.78, 5) is 0. The first kappa shape index (κ1) is 12.5. The molecule has 0 radical (unpaired) electrons. The Hall–Kier alpha value is -0.540. The molecule has 3 nitrogen and oxygen atoms in total. The summed E-state index contributed by atoms with van der Waals surface area (Å²) >= 11 is 5.89. The van der Waals surface area contributed by atoms with Crippen LogP contribution in [0.2, 0.25) is 0 Å². The number of nitrogens with zero attached hydrogens (tertiary/aromatic N) is 2. The molecule has 4 heteroatoms. The number of nitrogens with one attached hydrogen (secondary N) is 1. The van der Waals surface area contributed by atoms with Gasteiger partial charge in [-0.3, -0.25) is 4.68 Å².